The first-order valence-electron chi connectivity index (χ1n) is 10.3. The van der Waals surface area contributed by atoms with Crippen LogP contribution in [0.3, 0.4) is 0 Å². The summed E-state index contributed by atoms with van der Waals surface area (Å²) in [5.74, 6) is 2.31. The molecule has 0 unspecified atom stereocenters. The van der Waals surface area contributed by atoms with Crippen LogP contribution in [-0.4, -0.2) is 63.0 Å². The molecule has 9 heteroatoms. The molecule has 0 spiro atoms. The molecule has 0 saturated carbocycles. The minimum atomic E-state index is 0.182. The summed E-state index contributed by atoms with van der Waals surface area (Å²) in [7, 11) is 0. The molecule has 4 aromatic rings. The van der Waals surface area contributed by atoms with Crippen LogP contribution in [0.2, 0.25) is 0 Å². The zero-order chi connectivity index (χ0) is 21.2. The molecule has 0 aliphatic carbocycles. The van der Waals surface area contributed by atoms with Gasteiger partial charge >= 0.3 is 0 Å². The highest BCUT2D eigenvalue weighted by atomic mass is 16.3. The van der Waals surface area contributed by atoms with E-state index in [2.05, 4.69) is 24.9 Å². The number of carbonyl (C=O) groups is 1. The van der Waals surface area contributed by atoms with E-state index in [9.17, 15) is 4.79 Å². The molecule has 1 aromatic carbocycles. The Morgan fingerprint density at radius 3 is 2.58 bits per heavy atom. The Morgan fingerprint density at radius 1 is 1.03 bits per heavy atom. The lowest BCUT2D eigenvalue weighted by Gasteiger charge is -2.35. The zero-order valence-corrected chi connectivity index (χ0v) is 17.0. The third-order valence-corrected chi connectivity index (χ3v) is 5.53. The van der Waals surface area contributed by atoms with Gasteiger partial charge in [-0.15, -0.1) is 5.10 Å². The van der Waals surface area contributed by atoms with Gasteiger partial charge in [-0.05, 0) is 12.1 Å². The average molecular weight is 417 g/mol. The summed E-state index contributed by atoms with van der Waals surface area (Å²) < 4.78 is 6.90. The van der Waals surface area contributed by atoms with Gasteiger partial charge in [0.1, 0.15) is 5.82 Å². The third kappa shape index (κ3) is 3.99. The molecule has 158 valence electrons. The van der Waals surface area contributed by atoms with Crippen molar-refractivity contribution in [2.75, 3.05) is 43.4 Å². The number of piperazine rings is 1. The van der Waals surface area contributed by atoms with Crippen molar-refractivity contribution in [3.63, 3.8) is 0 Å². The van der Waals surface area contributed by atoms with Gasteiger partial charge in [-0.1, -0.05) is 30.3 Å². The van der Waals surface area contributed by atoms with Crippen molar-refractivity contribution in [3.8, 4) is 11.6 Å². The van der Waals surface area contributed by atoms with Crippen LogP contribution in [0.15, 0.2) is 59.2 Å². The first kappa shape index (κ1) is 19.3. The quantitative estimate of drug-likeness (QED) is 0.477. The van der Waals surface area contributed by atoms with Crippen LogP contribution in [0.4, 0.5) is 11.8 Å². The molecular weight excluding hydrogens is 394 g/mol. The predicted octanol–water partition coefficient (Wildman–Crippen LogP) is 2.36. The highest BCUT2D eigenvalue weighted by Crippen LogP contribution is 2.22. The van der Waals surface area contributed by atoms with Crippen LogP contribution < -0.4 is 10.6 Å². The maximum Gasteiger partial charge on any atom is 0.225 e. The number of rotatable bonds is 6. The number of hydrogen-bond donors (Lipinski definition) is 1. The van der Waals surface area contributed by atoms with E-state index >= 15 is 0 Å². The highest BCUT2D eigenvalue weighted by molar-refractivity contribution is 5.96. The van der Waals surface area contributed by atoms with Gasteiger partial charge in [0.25, 0.3) is 0 Å². The standard InChI is InChI=1S/C22H23N7O2/c23-22-25-19(15-20-24-21(26-29(20)22)18-7-4-14-31-18)28-12-10-27(11-13-28)9-8-17(30)16-5-2-1-3-6-16/h1-7,14-15H,8-13H2,(H2,23,25). The number of benzene rings is 1. The van der Waals surface area contributed by atoms with Gasteiger partial charge in [-0.2, -0.15) is 9.50 Å². The fraction of sp³-hybridized carbons (Fsp3) is 0.273. The van der Waals surface area contributed by atoms with E-state index in [0.29, 0.717) is 23.7 Å². The van der Waals surface area contributed by atoms with Crippen LogP contribution in [0.1, 0.15) is 16.8 Å². The van der Waals surface area contributed by atoms with Crippen LogP contribution in [-0.2, 0) is 0 Å². The van der Waals surface area contributed by atoms with Gasteiger partial charge in [0.2, 0.25) is 11.8 Å². The fourth-order valence-corrected chi connectivity index (χ4v) is 3.80. The van der Waals surface area contributed by atoms with Gasteiger partial charge in [0.05, 0.1) is 6.26 Å². The second-order valence-electron chi connectivity index (χ2n) is 7.52. The Hall–Kier alpha value is -3.72. The first-order valence-corrected chi connectivity index (χ1v) is 10.3. The number of nitrogens with zero attached hydrogens (tertiary/aromatic N) is 6. The summed E-state index contributed by atoms with van der Waals surface area (Å²) in [4.78, 5) is 25.9. The van der Waals surface area contributed by atoms with E-state index < -0.39 is 0 Å². The number of carbonyl (C=O) groups excluding carboxylic acids is 1. The lowest BCUT2D eigenvalue weighted by atomic mass is 10.1. The smallest absolute Gasteiger partial charge is 0.225 e. The number of nitrogen functional groups attached to an aromatic ring is 1. The third-order valence-electron chi connectivity index (χ3n) is 5.53. The lowest BCUT2D eigenvalue weighted by molar-refractivity contribution is 0.0962. The molecule has 3 aromatic heterocycles. The molecule has 1 aliphatic rings. The molecule has 1 saturated heterocycles. The van der Waals surface area contributed by atoms with Crippen LogP contribution >= 0.6 is 0 Å². The van der Waals surface area contributed by atoms with Crippen LogP contribution in [0.5, 0.6) is 0 Å². The normalized spacial score (nSPS) is 14.9. The van der Waals surface area contributed by atoms with Crippen molar-refractivity contribution in [1.29, 1.82) is 0 Å². The van der Waals surface area contributed by atoms with E-state index in [-0.39, 0.29) is 11.7 Å². The second kappa shape index (κ2) is 8.19. The number of fused-ring (bicyclic) bond motifs is 1. The van der Waals surface area contributed by atoms with Crippen LogP contribution in [0, 0.1) is 0 Å². The van der Waals surface area contributed by atoms with Crippen molar-refractivity contribution >= 4 is 23.2 Å². The maximum atomic E-state index is 12.3. The molecule has 4 heterocycles. The Balaban J connectivity index is 1.22. The molecule has 2 N–H and O–H groups in total. The van der Waals surface area contributed by atoms with Gasteiger partial charge in [-0.3, -0.25) is 9.69 Å². The number of anilines is 2. The minimum absolute atomic E-state index is 0.182. The lowest BCUT2D eigenvalue weighted by Crippen LogP contribution is -2.47. The first-order chi connectivity index (χ1) is 15.2. The van der Waals surface area contributed by atoms with E-state index in [0.717, 1.165) is 44.1 Å². The predicted molar refractivity (Wildman–Crippen MR) is 117 cm³/mol. The largest absolute Gasteiger partial charge is 0.461 e. The number of Topliss-reactive ketones (excluding diaryl/α,β-unsaturated/α-hetero) is 1. The zero-order valence-electron chi connectivity index (χ0n) is 17.0. The minimum Gasteiger partial charge on any atom is -0.461 e. The fourth-order valence-electron chi connectivity index (χ4n) is 3.80. The topological polar surface area (TPSA) is 106 Å². The van der Waals surface area contributed by atoms with Gasteiger partial charge in [-0.25, -0.2) is 4.98 Å². The van der Waals surface area contributed by atoms with Crippen molar-refractivity contribution in [1.82, 2.24) is 24.5 Å². The highest BCUT2D eigenvalue weighted by Gasteiger charge is 2.21. The summed E-state index contributed by atoms with van der Waals surface area (Å²) >= 11 is 0. The number of hydrogen-bond acceptors (Lipinski definition) is 8. The van der Waals surface area contributed by atoms with E-state index in [1.807, 2.05) is 36.4 Å². The Kier molecular flexibility index (Phi) is 5.09. The van der Waals surface area contributed by atoms with Crippen molar-refractivity contribution in [3.05, 3.63) is 60.4 Å². The summed E-state index contributed by atoms with van der Waals surface area (Å²) in [6, 6.07) is 14.9. The summed E-state index contributed by atoms with van der Waals surface area (Å²) in [6.45, 7) is 4.09. The molecule has 0 amide bonds. The number of aromatic nitrogens is 4. The molecule has 0 radical (unpaired) electrons. The van der Waals surface area contributed by atoms with E-state index in [4.69, 9.17) is 10.2 Å². The Morgan fingerprint density at radius 2 is 1.84 bits per heavy atom. The molecule has 0 bridgehead atoms. The monoisotopic (exact) mass is 417 g/mol. The number of ketones is 1. The molecule has 9 nitrogen and oxygen atoms in total. The molecule has 0 atom stereocenters. The Labute approximate surface area is 179 Å². The van der Waals surface area contributed by atoms with Crippen molar-refractivity contribution < 1.29 is 9.21 Å². The molecular formula is C22H23N7O2. The molecule has 1 fully saturated rings. The van der Waals surface area contributed by atoms with Gasteiger partial charge in [0, 0.05) is 50.8 Å². The summed E-state index contributed by atoms with van der Waals surface area (Å²) in [5.41, 5.74) is 7.54. The molecule has 5 rings (SSSR count). The average Bonchev–Trinajstić information content (AvgIpc) is 3.48. The van der Waals surface area contributed by atoms with Gasteiger partial charge < -0.3 is 15.1 Å². The maximum absolute atomic E-state index is 12.3. The molecule has 31 heavy (non-hydrogen) atoms. The Bertz CT molecular complexity index is 1180. The van der Waals surface area contributed by atoms with Crippen molar-refractivity contribution in [2.45, 2.75) is 6.42 Å². The molecule has 1 aliphatic heterocycles. The van der Waals surface area contributed by atoms with E-state index in [1.54, 1.807) is 18.4 Å². The van der Waals surface area contributed by atoms with Crippen molar-refractivity contribution in [2.24, 2.45) is 0 Å². The summed E-state index contributed by atoms with van der Waals surface area (Å²) in [5, 5.41) is 4.38. The second-order valence-corrected chi connectivity index (χ2v) is 7.52. The number of furan rings is 1. The van der Waals surface area contributed by atoms with Gasteiger partial charge in [0.15, 0.2) is 17.2 Å². The SMILES string of the molecule is Nc1nc(N2CCN(CCC(=O)c3ccccc3)CC2)cc2nc(-c3ccco3)nn12. The van der Waals surface area contributed by atoms with E-state index in [1.165, 1.54) is 4.52 Å². The summed E-state index contributed by atoms with van der Waals surface area (Å²) in [6.07, 6.45) is 2.11. The number of nitrogens with two attached hydrogens (primary N) is 1. The van der Waals surface area contributed by atoms with Crippen LogP contribution in [0.25, 0.3) is 17.2 Å².